The molecule has 0 aromatic heterocycles. The molecule has 0 N–H and O–H groups in total. The van der Waals surface area contributed by atoms with Crippen LogP contribution < -0.4 is 9.80 Å². The van der Waals surface area contributed by atoms with Crippen molar-refractivity contribution in [2.45, 2.75) is 196 Å². The van der Waals surface area contributed by atoms with Gasteiger partial charge in [-0.1, -0.05) is 219 Å². The number of rotatable bonds is 29. The Balaban J connectivity index is 1.38. The van der Waals surface area contributed by atoms with E-state index in [1.165, 1.54) is 215 Å². The van der Waals surface area contributed by atoms with Gasteiger partial charge in [-0.2, -0.15) is 0 Å². The molecule has 1 aliphatic rings. The van der Waals surface area contributed by atoms with Crippen molar-refractivity contribution in [3.05, 3.63) is 237 Å². The SMILES string of the molecule is CCCCCCc1cc(C)cc(C2(c3cc(CCCCCC)cc(CCCCCC)c3)c3cc(N(c4ccc(C)cc4)c4cccc(CCCC)c4)ccc3-c3ccc(N(c4ccc(C)cc4)c4cccc(CCCC)c4)cc32)c1. The van der Waals surface area contributed by atoms with Crippen LogP contribution in [-0.2, 0) is 37.5 Å². The van der Waals surface area contributed by atoms with Gasteiger partial charge in [-0.05, 0) is 219 Å². The predicted molar refractivity (Wildman–Crippen MR) is 348 cm³/mol. The lowest BCUT2D eigenvalue weighted by Gasteiger charge is -2.37. The smallest absolute Gasteiger partial charge is 0.0715 e. The summed E-state index contributed by atoms with van der Waals surface area (Å²) in [6.45, 7) is 18.4. The van der Waals surface area contributed by atoms with Crippen molar-refractivity contribution >= 4 is 34.1 Å². The second kappa shape index (κ2) is 28.2. The molecule has 2 heteroatoms. The molecule has 8 aromatic rings. The second-order valence-electron chi connectivity index (χ2n) is 23.8. The van der Waals surface area contributed by atoms with Crippen LogP contribution in [0.3, 0.4) is 0 Å². The number of hydrogen-bond acceptors (Lipinski definition) is 2. The van der Waals surface area contributed by atoms with Gasteiger partial charge in [0, 0.05) is 34.1 Å². The Morgan fingerprint density at radius 3 is 1.05 bits per heavy atom. The van der Waals surface area contributed by atoms with E-state index in [0.717, 1.165) is 32.1 Å². The van der Waals surface area contributed by atoms with E-state index < -0.39 is 5.41 Å². The maximum absolute atomic E-state index is 2.67. The van der Waals surface area contributed by atoms with Crippen molar-refractivity contribution in [2.24, 2.45) is 0 Å². The normalized spacial score (nSPS) is 12.4. The van der Waals surface area contributed by atoms with E-state index in [1.54, 1.807) is 0 Å². The van der Waals surface area contributed by atoms with Gasteiger partial charge in [-0.25, -0.2) is 0 Å². The summed E-state index contributed by atoms with van der Waals surface area (Å²) < 4.78 is 0. The predicted octanol–water partition coefficient (Wildman–Crippen LogP) is 23.0. The first-order valence-corrected chi connectivity index (χ1v) is 31.6. The molecular weight excluding hydrogens is 965 g/mol. The molecule has 9 rings (SSSR count). The van der Waals surface area contributed by atoms with Crippen molar-refractivity contribution in [3.63, 3.8) is 0 Å². The quantitative estimate of drug-likeness (QED) is 0.0431. The minimum atomic E-state index is -0.650. The zero-order chi connectivity index (χ0) is 55.8. The summed E-state index contributed by atoms with van der Waals surface area (Å²) in [7, 11) is 0. The van der Waals surface area contributed by atoms with Crippen LogP contribution in [-0.4, -0.2) is 0 Å². The van der Waals surface area contributed by atoms with Gasteiger partial charge in [-0.15, -0.1) is 0 Å². The molecule has 1 aliphatic carbocycles. The fourth-order valence-electron chi connectivity index (χ4n) is 12.9. The molecule has 2 nitrogen and oxygen atoms in total. The highest BCUT2D eigenvalue weighted by atomic mass is 15.1. The van der Waals surface area contributed by atoms with Crippen molar-refractivity contribution in [1.82, 2.24) is 0 Å². The van der Waals surface area contributed by atoms with E-state index >= 15 is 0 Å². The summed E-state index contributed by atoms with van der Waals surface area (Å²) in [5.74, 6) is 0. The molecule has 0 heterocycles. The molecule has 0 aliphatic heterocycles. The monoisotopic (exact) mass is 1060 g/mol. The van der Waals surface area contributed by atoms with Crippen LogP contribution in [0.25, 0.3) is 11.1 Å². The lowest BCUT2D eigenvalue weighted by atomic mass is 9.66. The van der Waals surface area contributed by atoms with Crippen LogP contribution in [0.4, 0.5) is 34.1 Å². The minimum Gasteiger partial charge on any atom is -0.310 e. The first-order chi connectivity index (χ1) is 39.2. The first-order valence-electron chi connectivity index (χ1n) is 31.6. The molecule has 0 unspecified atom stereocenters. The number of hydrogen-bond donors (Lipinski definition) is 0. The third kappa shape index (κ3) is 13.6. The molecule has 0 fully saturated rings. The molecule has 8 aromatic carbocycles. The molecular formula is C78H94N2. The Morgan fingerprint density at radius 1 is 0.275 bits per heavy atom. The Morgan fingerprint density at radius 2 is 0.637 bits per heavy atom. The average molecular weight is 1060 g/mol. The van der Waals surface area contributed by atoms with Gasteiger partial charge in [-0.3, -0.25) is 0 Å². The van der Waals surface area contributed by atoms with Gasteiger partial charge >= 0.3 is 0 Å². The van der Waals surface area contributed by atoms with E-state index in [0.29, 0.717) is 0 Å². The summed E-state index contributed by atoms with van der Waals surface area (Å²) in [4.78, 5) is 5.08. The van der Waals surface area contributed by atoms with Gasteiger partial charge in [0.05, 0.1) is 5.41 Å². The molecule has 0 saturated heterocycles. The number of aryl methyl sites for hydroxylation is 8. The Bertz CT molecular complexity index is 3070. The maximum atomic E-state index is 2.67. The van der Waals surface area contributed by atoms with Crippen LogP contribution >= 0.6 is 0 Å². The summed E-state index contributed by atoms with van der Waals surface area (Å²) >= 11 is 0. The second-order valence-corrected chi connectivity index (χ2v) is 23.8. The van der Waals surface area contributed by atoms with Crippen molar-refractivity contribution in [1.29, 1.82) is 0 Å². The third-order valence-electron chi connectivity index (χ3n) is 17.2. The van der Waals surface area contributed by atoms with Crippen LogP contribution in [0.2, 0.25) is 0 Å². The Kier molecular flexibility index (Phi) is 20.4. The molecule has 80 heavy (non-hydrogen) atoms. The topological polar surface area (TPSA) is 6.48 Å². The fraction of sp³-hybridized carbons (Fsp3) is 0.385. The highest BCUT2D eigenvalue weighted by molar-refractivity contribution is 5.92. The maximum Gasteiger partial charge on any atom is 0.0715 e. The molecule has 416 valence electrons. The minimum absolute atomic E-state index is 0.650. The molecule has 0 amide bonds. The Hall–Kier alpha value is -6.64. The number of fused-ring (bicyclic) bond motifs is 3. The molecule has 0 saturated carbocycles. The van der Waals surface area contributed by atoms with E-state index in [-0.39, 0.29) is 0 Å². The zero-order valence-electron chi connectivity index (χ0n) is 50.4. The highest BCUT2D eigenvalue weighted by Gasteiger charge is 2.47. The zero-order valence-corrected chi connectivity index (χ0v) is 50.4. The van der Waals surface area contributed by atoms with Gasteiger partial charge in [0.1, 0.15) is 0 Å². The van der Waals surface area contributed by atoms with Crippen molar-refractivity contribution < 1.29 is 0 Å². The summed E-state index contributed by atoms with van der Waals surface area (Å²) in [5.41, 5.74) is 25.7. The number of unbranched alkanes of at least 4 members (excludes halogenated alkanes) is 11. The lowest BCUT2D eigenvalue weighted by molar-refractivity contribution is 0.658. The highest BCUT2D eigenvalue weighted by Crippen LogP contribution is 2.59. The van der Waals surface area contributed by atoms with Gasteiger partial charge in [0.2, 0.25) is 0 Å². The van der Waals surface area contributed by atoms with Crippen LogP contribution in [0.1, 0.15) is 204 Å². The van der Waals surface area contributed by atoms with Crippen LogP contribution in [0.15, 0.2) is 170 Å². The van der Waals surface area contributed by atoms with Crippen molar-refractivity contribution in [3.8, 4) is 11.1 Å². The lowest BCUT2D eigenvalue weighted by Crippen LogP contribution is -2.30. The van der Waals surface area contributed by atoms with Gasteiger partial charge in [0.25, 0.3) is 0 Å². The summed E-state index contributed by atoms with van der Waals surface area (Å²) in [5, 5.41) is 0. The molecule has 0 spiro atoms. The van der Waals surface area contributed by atoms with E-state index in [4.69, 9.17) is 0 Å². The molecule has 0 radical (unpaired) electrons. The van der Waals surface area contributed by atoms with Gasteiger partial charge in [0.15, 0.2) is 0 Å². The first kappa shape index (κ1) is 58.0. The van der Waals surface area contributed by atoms with E-state index in [9.17, 15) is 0 Å². The number of benzene rings is 8. The summed E-state index contributed by atoms with van der Waals surface area (Å²) in [6, 6.07) is 67.9. The van der Waals surface area contributed by atoms with E-state index in [2.05, 4.69) is 235 Å². The standard InChI is InChI=1S/C78H94N2/c1-9-14-19-22-29-63-48-60(8)49-66(51-63)78(67-52-64(30-23-20-15-10-2)50-65(53-67)31-24-21-16-11-3)76-56-72(79(68-40-36-58(6)37-41-68)70-34-25-32-61(54-70)27-17-12-4)44-46-74(76)75-47-45-73(57-77(75)78)80(69-42-38-59(7)39-43-69)71-35-26-33-62(55-71)28-18-13-5/h25-26,32-57H,9-24,27-31H2,1-8H3. The van der Waals surface area contributed by atoms with Crippen LogP contribution in [0, 0.1) is 20.8 Å². The summed E-state index contributed by atoms with van der Waals surface area (Å²) in [6.07, 6.45) is 25.1. The average Bonchev–Trinajstić information content (AvgIpc) is 3.87. The van der Waals surface area contributed by atoms with Crippen molar-refractivity contribution in [2.75, 3.05) is 9.80 Å². The number of anilines is 6. The van der Waals surface area contributed by atoms with E-state index in [1.807, 2.05) is 0 Å². The molecule has 0 bridgehead atoms. The van der Waals surface area contributed by atoms with Crippen LogP contribution in [0.5, 0.6) is 0 Å². The Labute approximate surface area is 484 Å². The third-order valence-corrected chi connectivity index (χ3v) is 17.2. The largest absolute Gasteiger partial charge is 0.310 e. The fourth-order valence-corrected chi connectivity index (χ4v) is 12.9. The molecule has 0 atom stereocenters. The van der Waals surface area contributed by atoms with Gasteiger partial charge < -0.3 is 9.80 Å². The number of nitrogens with zero attached hydrogens (tertiary/aromatic N) is 2.